The first-order valence-corrected chi connectivity index (χ1v) is 6.36. The molecule has 3 nitrogen and oxygen atoms in total. The fourth-order valence-corrected chi connectivity index (χ4v) is 2.53. The van der Waals surface area contributed by atoms with E-state index in [0.29, 0.717) is 0 Å². The Labute approximate surface area is 112 Å². The molecule has 0 amide bonds. The van der Waals surface area contributed by atoms with E-state index in [4.69, 9.17) is 0 Å². The van der Waals surface area contributed by atoms with Crippen LogP contribution in [0.15, 0.2) is 42.5 Å². The second-order valence-electron chi connectivity index (χ2n) is 4.70. The first kappa shape index (κ1) is 11.9. The van der Waals surface area contributed by atoms with E-state index in [0.717, 1.165) is 33.7 Å². The van der Waals surface area contributed by atoms with Crippen LogP contribution in [0.4, 0.5) is 0 Å². The van der Waals surface area contributed by atoms with Crippen LogP contribution in [-0.2, 0) is 6.61 Å². The highest BCUT2D eigenvalue weighted by Crippen LogP contribution is 2.25. The predicted octanol–water partition coefficient (Wildman–Crippen LogP) is 3.13. The van der Waals surface area contributed by atoms with Crippen molar-refractivity contribution in [3.05, 3.63) is 59.4 Å². The van der Waals surface area contributed by atoms with E-state index < -0.39 is 0 Å². The normalized spacial score (nSPS) is 11.1. The Morgan fingerprint density at radius 1 is 1.05 bits per heavy atom. The molecule has 0 spiro atoms. The number of aliphatic hydroxyl groups excluding tert-OH is 1. The maximum Gasteiger partial charge on any atom is 0.111 e. The van der Waals surface area contributed by atoms with Gasteiger partial charge in [0.1, 0.15) is 5.82 Å². The van der Waals surface area contributed by atoms with Gasteiger partial charge in [0.05, 0.1) is 23.3 Å². The van der Waals surface area contributed by atoms with E-state index in [1.807, 2.05) is 44.2 Å². The fraction of sp³-hybridized carbons (Fsp3) is 0.188. The first-order valence-electron chi connectivity index (χ1n) is 6.36. The fourth-order valence-electron chi connectivity index (χ4n) is 2.53. The van der Waals surface area contributed by atoms with Crippen molar-refractivity contribution in [1.29, 1.82) is 0 Å². The third-order valence-corrected chi connectivity index (χ3v) is 3.56. The Bertz CT molecular complexity index is 744. The van der Waals surface area contributed by atoms with E-state index in [2.05, 4.69) is 21.7 Å². The van der Waals surface area contributed by atoms with E-state index in [1.54, 1.807) is 0 Å². The lowest BCUT2D eigenvalue weighted by molar-refractivity contribution is 0.281. The Hall–Kier alpha value is -2.13. The number of imidazole rings is 1. The number of nitrogens with zero attached hydrogens (tertiary/aromatic N) is 2. The number of aromatic nitrogens is 2. The average molecular weight is 252 g/mol. The summed E-state index contributed by atoms with van der Waals surface area (Å²) < 4.78 is 2.14. The molecule has 0 bridgehead atoms. The predicted molar refractivity (Wildman–Crippen MR) is 76.5 cm³/mol. The van der Waals surface area contributed by atoms with Gasteiger partial charge in [-0.25, -0.2) is 4.98 Å². The molecule has 1 aromatic heterocycles. The molecule has 0 fully saturated rings. The molecule has 96 valence electrons. The molecule has 2 aromatic carbocycles. The monoisotopic (exact) mass is 252 g/mol. The molecule has 0 aliphatic carbocycles. The Morgan fingerprint density at radius 3 is 2.63 bits per heavy atom. The smallest absolute Gasteiger partial charge is 0.111 e. The van der Waals surface area contributed by atoms with Crippen molar-refractivity contribution in [2.24, 2.45) is 0 Å². The highest BCUT2D eigenvalue weighted by molar-refractivity contribution is 5.78. The zero-order valence-corrected chi connectivity index (χ0v) is 11.1. The van der Waals surface area contributed by atoms with Gasteiger partial charge >= 0.3 is 0 Å². The molecule has 3 rings (SSSR count). The van der Waals surface area contributed by atoms with E-state index in [9.17, 15) is 5.11 Å². The number of benzene rings is 2. The molecule has 0 radical (unpaired) electrons. The molecule has 0 unspecified atom stereocenters. The SMILES string of the molecule is Cc1c(CO)cccc1-n1c(C)nc2ccccc21. The van der Waals surface area contributed by atoms with E-state index in [-0.39, 0.29) is 6.61 Å². The van der Waals surface area contributed by atoms with E-state index >= 15 is 0 Å². The van der Waals surface area contributed by atoms with Crippen LogP contribution in [0.2, 0.25) is 0 Å². The Kier molecular flexibility index (Phi) is 2.84. The minimum absolute atomic E-state index is 0.0609. The number of fused-ring (bicyclic) bond motifs is 1. The van der Waals surface area contributed by atoms with Gasteiger partial charge in [0.25, 0.3) is 0 Å². The second-order valence-corrected chi connectivity index (χ2v) is 4.70. The molecule has 0 aliphatic rings. The second kappa shape index (κ2) is 4.52. The van der Waals surface area contributed by atoms with Crippen LogP contribution >= 0.6 is 0 Å². The topological polar surface area (TPSA) is 38.0 Å². The van der Waals surface area contributed by atoms with Crippen LogP contribution in [0.3, 0.4) is 0 Å². The molecule has 19 heavy (non-hydrogen) atoms. The van der Waals surface area contributed by atoms with Gasteiger partial charge < -0.3 is 5.11 Å². The lowest BCUT2D eigenvalue weighted by Gasteiger charge is -2.13. The van der Waals surface area contributed by atoms with E-state index in [1.165, 1.54) is 0 Å². The highest BCUT2D eigenvalue weighted by Gasteiger charge is 2.11. The number of hydrogen-bond acceptors (Lipinski definition) is 2. The summed E-state index contributed by atoms with van der Waals surface area (Å²) in [5.74, 6) is 0.958. The van der Waals surface area contributed by atoms with Gasteiger partial charge in [0.15, 0.2) is 0 Å². The van der Waals surface area contributed by atoms with Gasteiger partial charge in [-0.3, -0.25) is 4.57 Å². The molecule has 0 aliphatic heterocycles. The summed E-state index contributed by atoms with van der Waals surface area (Å²) in [5.41, 5.74) is 5.22. The molecule has 0 saturated carbocycles. The van der Waals surface area contributed by atoms with Crippen LogP contribution in [-0.4, -0.2) is 14.7 Å². The van der Waals surface area contributed by atoms with Crippen LogP contribution in [0, 0.1) is 13.8 Å². The van der Waals surface area contributed by atoms with Crippen molar-refractivity contribution in [1.82, 2.24) is 9.55 Å². The summed E-state index contributed by atoms with van der Waals surface area (Å²) in [4.78, 5) is 4.59. The Balaban J connectivity index is 2.33. The van der Waals surface area contributed by atoms with Gasteiger partial charge in [-0.05, 0) is 43.2 Å². The maximum atomic E-state index is 9.40. The van der Waals surface area contributed by atoms with Gasteiger partial charge in [-0.1, -0.05) is 24.3 Å². The average Bonchev–Trinajstić information content (AvgIpc) is 2.75. The summed E-state index contributed by atoms with van der Waals surface area (Å²) in [6, 6.07) is 14.1. The molecule has 0 atom stereocenters. The lowest BCUT2D eigenvalue weighted by Crippen LogP contribution is -2.02. The van der Waals surface area contributed by atoms with Gasteiger partial charge in [-0.2, -0.15) is 0 Å². The molecular formula is C16H16N2O. The standard InChI is InChI=1S/C16H16N2O/c1-11-13(10-19)6-5-9-15(11)18-12(2)17-14-7-3-4-8-16(14)18/h3-9,19H,10H2,1-2H3. The maximum absolute atomic E-state index is 9.40. The zero-order chi connectivity index (χ0) is 13.4. The number of aryl methyl sites for hydroxylation is 1. The van der Waals surface area contributed by atoms with Crippen molar-refractivity contribution in [3.8, 4) is 5.69 Å². The van der Waals surface area contributed by atoms with Crippen LogP contribution in [0.25, 0.3) is 16.7 Å². The third kappa shape index (κ3) is 1.83. The molecule has 1 N–H and O–H groups in total. The van der Waals surface area contributed by atoms with Gasteiger partial charge in [-0.15, -0.1) is 0 Å². The number of hydrogen-bond donors (Lipinski definition) is 1. The van der Waals surface area contributed by atoms with Gasteiger partial charge in [0, 0.05) is 0 Å². The van der Waals surface area contributed by atoms with Crippen molar-refractivity contribution in [3.63, 3.8) is 0 Å². The van der Waals surface area contributed by atoms with Crippen molar-refractivity contribution in [2.75, 3.05) is 0 Å². The molecule has 3 aromatic rings. The number of rotatable bonds is 2. The van der Waals surface area contributed by atoms with Crippen LogP contribution in [0.5, 0.6) is 0 Å². The summed E-state index contributed by atoms with van der Waals surface area (Å²) in [5, 5.41) is 9.40. The number of para-hydroxylation sites is 2. The van der Waals surface area contributed by atoms with Gasteiger partial charge in [0.2, 0.25) is 0 Å². The lowest BCUT2D eigenvalue weighted by atomic mass is 10.1. The minimum Gasteiger partial charge on any atom is -0.392 e. The van der Waals surface area contributed by atoms with Crippen molar-refractivity contribution < 1.29 is 5.11 Å². The summed E-state index contributed by atoms with van der Waals surface area (Å²) in [6.45, 7) is 4.10. The van der Waals surface area contributed by atoms with Crippen molar-refractivity contribution in [2.45, 2.75) is 20.5 Å². The Morgan fingerprint density at radius 2 is 1.84 bits per heavy atom. The summed E-state index contributed by atoms with van der Waals surface area (Å²) in [7, 11) is 0. The molecule has 1 heterocycles. The summed E-state index contributed by atoms with van der Waals surface area (Å²) >= 11 is 0. The van der Waals surface area contributed by atoms with Crippen molar-refractivity contribution >= 4 is 11.0 Å². The first-order chi connectivity index (χ1) is 9.22. The zero-order valence-electron chi connectivity index (χ0n) is 11.1. The largest absolute Gasteiger partial charge is 0.392 e. The molecule has 3 heteroatoms. The van der Waals surface area contributed by atoms with Crippen LogP contribution in [0.1, 0.15) is 17.0 Å². The quantitative estimate of drug-likeness (QED) is 0.761. The molecular weight excluding hydrogens is 236 g/mol. The summed E-state index contributed by atoms with van der Waals surface area (Å²) in [6.07, 6.45) is 0. The minimum atomic E-state index is 0.0609. The molecule has 0 saturated heterocycles. The number of aliphatic hydroxyl groups is 1. The third-order valence-electron chi connectivity index (χ3n) is 3.56. The highest BCUT2D eigenvalue weighted by atomic mass is 16.3. The van der Waals surface area contributed by atoms with Crippen LogP contribution < -0.4 is 0 Å².